The summed E-state index contributed by atoms with van der Waals surface area (Å²) in [5, 5.41) is 17.6. The van der Waals surface area contributed by atoms with Crippen molar-refractivity contribution in [2.75, 3.05) is 6.54 Å². The number of rotatable bonds is 3. The Bertz CT molecular complexity index is 460. The van der Waals surface area contributed by atoms with Crippen LogP contribution >= 0.6 is 0 Å². The second-order valence-electron chi connectivity index (χ2n) is 2.81. The molecule has 0 unspecified atom stereocenters. The zero-order chi connectivity index (χ0) is 11.4. The van der Waals surface area contributed by atoms with E-state index in [-0.39, 0.29) is 17.1 Å². The number of aryl methyl sites for hydroxylation is 1. The van der Waals surface area contributed by atoms with Crippen molar-refractivity contribution in [1.82, 2.24) is 0 Å². The van der Waals surface area contributed by atoms with Crippen LogP contribution in [0.2, 0.25) is 0 Å². The smallest absolute Gasteiger partial charge is 0.348 e. The highest BCUT2D eigenvalue weighted by atomic mass is 16.4. The van der Waals surface area contributed by atoms with Crippen LogP contribution in [0.25, 0.3) is 0 Å². The minimum Gasteiger partial charge on any atom is -0.507 e. The lowest BCUT2D eigenvalue weighted by Gasteiger charge is -1.97. The molecule has 0 amide bonds. The second-order valence-corrected chi connectivity index (χ2v) is 2.81. The molecular formula is C9H9NO5. The van der Waals surface area contributed by atoms with Gasteiger partial charge in [-0.1, -0.05) is 0 Å². The van der Waals surface area contributed by atoms with Crippen LogP contribution in [-0.4, -0.2) is 28.9 Å². The van der Waals surface area contributed by atoms with E-state index < -0.39 is 18.1 Å². The average molecular weight is 211 g/mol. The van der Waals surface area contributed by atoms with Crippen molar-refractivity contribution < 1.29 is 19.4 Å². The summed E-state index contributed by atoms with van der Waals surface area (Å²) in [6.07, 6.45) is 0.981. The summed E-state index contributed by atoms with van der Waals surface area (Å²) in [7, 11) is 0. The van der Waals surface area contributed by atoms with Crippen LogP contribution in [0.5, 0.6) is 5.75 Å². The van der Waals surface area contributed by atoms with Gasteiger partial charge in [-0.25, -0.2) is 4.79 Å². The Balaban J connectivity index is 3.00. The molecule has 1 aromatic heterocycles. The zero-order valence-electron chi connectivity index (χ0n) is 7.93. The van der Waals surface area contributed by atoms with Crippen LogP contribution in [0, 0.1) is 6.92 Å². The van der Waals surface area contributed by atoms with Gasteiger partial charge in [0.25, 0.3) is 0 Å². The van der Waals surface area contributed by atoms with Gasteiger partial charge in [0.1, 0.15) is 23.6 Å². The number of carboxylic acid groups (broad SMARTS) is 1. The van der Waals surface area contributed by atoms with Gasteiger partial charge in [0.2, 0.25) is 0 Å². The van der Waals surface area contributed by atoms with Gasteiger partial charge in [-0.2, -0.15) is 0 Å². The monoisotopic (exact) mass is 211 g/mol. The van der Waals surface area contributed by atoms with Gasteiger partial charge in [-0.3, -0.25) is 9.79 Å². The quantitative estimate of drug-likeness (QED) is 0.693. The number of hydrogen-bond acceptors (Lipinski definition) is 5. The van der Waals surface area contributed by atoms with Crippen molar-refractivity contribution in [2.45, 2.75) is 6.92 Å². The van der Waals surface area contributed by atoms with E-state index in [1.807, 2.05) is 0 Å². The third-order valence-electron chi connectivity index (χ3n) is 1.54. The predicted molar refractivity (Wildman–Crippen MR) is 51.5 cm³/mol. The Morgan fingerprint density at radius 1 is 1.67 bits per heavy atom. The molecule has 0 bridgehead atoms. The molecule has 0 radical (unpaired) electrons. The van der Waals surface area contributed by atoms with E-state index >= 15 is 0 Å². The van der Waals surface area contributed by atoms with E-state index in [1.165, 1.54) is 13.0 Å². The summed E-state index contributed by atoms with van der Waals surface area (Å²) < 4.78 is 4.69. The number of aliphatic carboxylic acids is 1. The molecule has 80 valence electrons. The van der Waals surface area contributed by atoms with Crippen LogP contribution in [0.15, 0.2) is 20.3 Å². The molecule has 15 heavy (non-hydrogen) atoms. The van der Waals surface area contributed by atoms with Gasteiger partial charge in [0, 0.05) is 12.3 Å². The van der Waals surface area contributed by atoms with E-state index in [9.17, 15) is 14.7 Å². The van der Waals surface area contributed by atoms with Crippen LogP contribution in [-0.2, 0) is 4.79 Å². The number of aliphatic imine (C=N–C) groups is 1. The first-order valence-corrected chi connectivity index (χ1v) is 4.06. The average Bonchev–Trinajstić information content (AvgIpc) is 2.08. The number of nitrogens with zero attached hydrogens (tertiary/aromatic N) is 1. The number of hydrogen-bond donors (Lipinski definition) is 2. The van der Waals surface area contributed by atoms with Gasteiger partial charge >= 0.3 is 11.6 Å². The highest BCUT2D eigenvalue weighted by Gasteiger charge is 2.06. The molecule has 0 saturated heterocycles. The van der Waals surface area contributed by atoms with Gasteiger partial charge < -0.3 is 14.6 Å². The molecule has 6 nitrogen and oxygen atoms in total. The van der Waals surface area contributed by atoms with Crippen LogP contribution in [0.1, 0.15) is 11.3 Å². The Hall–Kier alpha value is -2.11. The molecule has 0 fully saturated rings. The third kappa shape index (κ3) is 2.94. The van der Waals surface area contributed by atoms with E-state index in [4.69, 9.17) is 9.52 Å². The number of carbonyl (C=O) groups is 1. The SMILES string of the molecule is Cc1cc(O)c(C=NCC(=O)O)c(=O)o1. The topological polar surface area (TPSA) is 100 Å². The van der Waals surface area contributed by atoms with E-state index in [2.05, 4.69) is 4.99 Å². The van der Waals surface area contributed by atoms with Crippen LogP contribution in [0.3, 0.4) is 0 Å². The second kappa shape index (κ2) is 4.41. The summed E-state index contributed by atoms with van der Waals surface area (Å²) >= 11 is 0. The minimum atomic E-state index is -1.12. The fourth-order valence-electron chi connectivity index (χ4n) is 0.939. The summed E-state index contributed by atoms with van der Waals surface area (Å²) in [4.78, 5) is 24.8. The van der Waals surface area contributed by atoms with Crippen molar-refractivity contribution in [3.8, 4) is 5.75 Å². The van der Waals surface area contributed by atoms with Gasteiger partial charge in [-0.15, -0.1) is 0 Å². The maximum atomic E-state index is 11.2. The standard InChI is InChI=1S/C9H9NO5/c1-5-2-7(11)6(9(14)15-5)3-10-4-8(12)13/h2-3,11H,4H2,1H3,(H,12,13). The first-order chi connectivity index (χ1) is 7.00. The molecule has 1 aromatic rings. The summed E-state index contributed by atoms with van der Waals surface area (Å²) in [6.45, 7) is 1.05. The largest absolute Gasteiger partial charge is 0.507 e. The zero-order valence-corrected chi connectivity index (χ0v) is 7.93. The maximum Gasteiger partial charge on any atom is 0.348 e. The van der Waals surface area contributed by atoms with Crippen LogP contribution < -0.4 is 5.63 Å². The lowest BCUT2D eigenvalue weighted by molar-refractivity contribution is -0.135. The fourth-order valence-corrected chi connectivity index (χ4v) is 0.939. The maximum absolute atomic E-state index is 11.2. The van der Waals surface area contributed by atoms with Crippen molar-refractivity contribution >= 4 is 12.2 Å². The van der Waals surface area contributed by atoms with E-state index in [0.717, 1.165) is 6.21 Å². The first kappa shape index (κ1) is 11.0. The van der Waals surface area contributed by atoms with Gasteiger partial charge in [-0.05, 0) is 6.92 Å². The Morgan fingerprint density at radius 2 is 2.33 bits per heavy atom. The molecule has 6 heteroatoms. The third-order valence-corrected chi connectivity index (χ3v) is 1.54. The number of carboxylic acids is 1. The molecule has 1 rings (SSSR count). The molecule has 0 atom stereocenters. The fraction of sp³-hybridized carbons (Fsp3) is 0.222. The highest BCUT2D eigenvalue weighted by Crippen LogP contribution is 2.11. The molecule has 0 aliphatic heterocycles. The van der Waals surface area contributed by atoms with Gasteiger partial charge in [0.05, 0.1) is 0 Å². The molecule has 0 saturated carbocycles. The Morgan fingerprint density at radius 3 is 2.87 bits per heavy atom. The van der Waals surface area contributed by atoms with Gasteiger partial charge in [0.15, 0.2) is 0 Å². The van der Waals surface area contributed by atoms with E-state index in [1.54, 1.807) is 0 Å². The molecule has 0 aliphatic rings. The minimum absolute atomic E-state index is 0.151. The molecule has 0 spiro atoms. The van der Waals surface area contributed by atoms with Crippen molar-refractivity contribution in [3.05, 3.63) is 27.8 Å². The lowest BCUT2D eigenvalue weighted by Crippen LogP contribution is -2.08. The summed E-state index contributed by atoms with van der Waals surface area (Å²) in [6, 6.07) is 1.25. The first-order valence-electron chi connectivity index (χ1n) is 4.06. The Kier molecular flexibility index (Phi) is 3.22. The molecule has 0 aliphatic carbocycles. The normalized spacial score (nSPS) is 10.7. The predicted octanol–water partition coefficient (Wildman–Crippen LogP) is 0.157. The van der Waals surface area contributed by atoms with Crippen molar-refractivity contribution in [3.63, 3.8) is 0 Å². The molecule has 0 aromatic carbocycles. The lowest BCUT2D eigenvalue weighted by atomic mass is 10.2. The van der Waals surface area contributed by atoms with Crippen molar-refractivity contribution in [1.29, 1.82) is 0 Å². The summed E-state index contributed by atoms with van der Waals surface area (Å²) in [5.41, 5.74) is -0.900. The molecule has 2 N–H and O–H groups in total. The van der Waals surface area contributed by atoms with E-state index in [0.29, 0.717) is 0 Å². The van der Waals surface area contributed by atoms with Crippen LogP contribution in [0.4, 0.5) is 0 Å². The summed E-state index contributed by atoms with van der Waals surface area (Å²) in [5.74, 6) is -1.13. The highest BCUT2D eigenvalue weighted by molar-refractivity contribution is 5.84. The van der Waals surface area contributed by atoms with Crippen molar-refractivity contribution in [2.24, 2.45) is 4.99 Å². The molecule has 1 heterocycles. The Labute approximate surface area is 84.5 Å². The number of aromatic hydroxyl groups is 1. The molecular weight excluding hydrogens is 202 g/mol.